The van der Waals surface area contributed by atoms with Crippen molar-refractivity contribution >= 4 is 11.8 Å². The quantitative estimate of drug-likeness (QED) is 0.602. The molecule has 0 bridgehead atoms. The van der Waals surface area contributed by atoms with Gasteiger partial charge >= 0.3 is 0 Å². The second-order valence-corrected chi connectivity index (χ2v) is 10.5. The smallest absolute Gasteiger partial charge is 0.261 e. The van der Waals surface area contributed by atoms with E-state index >= 15 is 0 Å². The van der Waals surface area contributed by atoms with Crippen LogP contribution in [0.5, 0.6) is 5.75 Å². The minimum absolute atomic E-state index is 0.0401. The molecule has 184 valence electrons. The highest BCUT2D eigenvalue weighted by atomic mass is 19.1. The van der Waals surface area contributed by atoms with E-state index in [1.807, 2.05) is 64.6 Å². The maximum atomic E-state index is 13.7. The first-order chi connectivity index (χ1) is 16.0. The molecule has 0 aromatic heterocycles. The number of ether oxygens (including phenoxy) is 1. The molecule has 3 rings (SSSR count). The van der Waals surface area contributed by atoms with Gasteiger partial charge < -0.3 is 15.0 Å². The summed E-state index contributed by atoms with van der Waals surface area (Å²) in [4.78, 5) is 27.9. The Balaban J connectivity index is 1.97. The molecule has 1 N–H and O–H groups in total. The van der Waals surface area contributed by atoms with Gasteiger partial charge in [-0.05, 0) is 59.7 Å². The van der Waals surface area contributed by atoms with Crippen LogP contribution in [0.2, 0.25) is 0 Å². The first kappa shape index (κ1) is 25.7. The summed E-state index contributed by atoms with van der Waals surface area (Å²) >= 11 is 0. The van der Waals surface area contributed by atoms with Crippen molar-refractivity contribution in [2.24, 2.45) is 11.3 Å². The van der Waals surface area contributed by atoms with Crippen LogP contribution < -0.4 is 10.1 Å². The van der Waals surface area contributed by atoms with Crippen LogP contribution in [0, 0.1) is 17.2 Å². The van der Waals surface area contributed by atoms with Crippen molar-refractivity contribution in [1.29, 1.82) is 0 Å². The number of carbonyl (C=O) groups excluding carboxylic acids is 2. The van der Waals surface area contributed by atoms with Crippen LogP contribution in [0.15, 0.2) is 42.5 Å². The zero-order valence-corrected chi connectivity index (χ0v) is 21.2. The lowest BCUT2D eigenvalue weighted by Crippen LogP contribution is -2.45. The molecule has 34 heavy (non-hydrogen) atoms. The molecule has 0 aliphatic carbocycles. The molecule has 5 nitrogen and oxygen atoms in total. The standard InChI is InChI=1S/C28H37FN2O3/c1-7-24(26(32)30-17-18(2)3)34-22-13-10-19-14-15-31(27(33)28(4,5)6)25(23(19)16-22)20-8-11-21(29)12-9-20/h8-13,16,18,24-25H,7,14-15,17H2,1-6H3,(H,30,32)/t24-,25+/m0/s1. The van der Waals surface area contributed by atoms with Gasteiger partial charge in [-0.2, -0.15) is 0 Å². The number of nitrogens with zero attached hydrogens (tertiary/aromatic N) is 1. The highest BCUT2D eigenvalue weighted by molar-refractivity contribution is 5.83. The first-order valence-corrected chi connectivity index (χ1v) is 12.1. The van der Waals surface area contributed by atoms with E-state index in [4.69, 9.17) is 4.74 Å². The van der Waals surface area contributed by atoms with Gasteiger partial charge in [-0.1, -0.05) is 59.7 Å². The minimum atomic E-state index is -0.600. The highest BCUT2D eigenvalue weighted by Gasteiger charge is 2.37. The van der Waals surface area contributed by atoms with Gasteiger partial charge in [0.15, 0.2) is 6.10 Å². The number of halogens is 1. The second kappa shape index (κ2) is 10.6. The Morgan fingerprint density at radius 2 is 1.82 bits per heavy atom. The molecule has 1 aliphatic rings. The van der Waals surface area contributed by atoms with Crippen molar-refractivity contribution < 1.29 is 18.7 Å². The van der Waals surface area contributed by atoms with Crippen molar-refractivity contribution in [3.8, 4) is 5.75 Å². The van der Waals surface area contributed by atoms with E-state index in [1.54, 1.807) is 12.1 Å². The molecule has 0 saturated heterocycles. The lowest BCUT2D eigenvalue weighted by molar-refractivity contribution is -0.141. The molecule has 6 heteroatoms. The Morgan fingerprint density at radius 3 is 2.41 bits per heavy atom. The van der Waals surface area contributed by atoms with Gasteiger partial charge in [-0.25, -0.2) is 4.39 Å². The lowest BCUT2D eigenvalue weighted by atomic mass is 9.85. The van der Waals surface area contributed by atoms with Gasteiger partial charge in [0.25, 0.3) is 5.91 Å². The molecule has 2 aromatic carbocycles. The number of nitrogens with one attached hydrogen (secondary N) is 1. The topological polar surface area (TPSA) is 58.6 Å². The third-order valence-electron chi connectivity index (χ3n) is 6.06. The van der Waals surface area contributed by atoms with Crippen molar-refractivity contribution in [3.63, 3.8) is 0 Å². The van der Waals surface area contributed by atoms with Crippen molar-refractivity contribution in [2.75, 3.05) is 13.1 Å². The van der Waals surface area contributed by atoms with Crippen molar-refractivity contribution in [2.45, 2.75) is 66.5 Å². The molecule has 0 fully saturated rings. The summed E-state index contributed by atoms with van der Waals surface area (Å²) < 4.78 is 19.8. The average Bonchev–Trinajstić information content (AvgIpc) is 2.79. The molecule has 0 radical (unpaired) electrons. The van der Waals surface area contributed by atoms with E-state index in [0.717, 1.165) is 23.1 Å². The zero-order chi connectivity index (χ0) is 25.0. The van der Waals surface area contributed by atoms with Crippen molar-refractivity contribution in [1.82, 2.24) is 10.2 Å². The van der Waals surface area contributed by atoms with E-state index in [1.165, 1.54) is 12.1 Å². The number of hydrogen-bond donors (Lipinski definition) is 1. The lowest BCUT2D eigenvalue weighted by Gasteiger charge is -2.41. The van der Waals surface area contributed by atoms with Crippen LogP contribution in [0.4, 0.5) is 4.39 Å². The van der Waals surface area contributed by atoms with Crippen LogP contribution in [0.25, 0.3) is 0 Å². The average molecular weight is 469 g/mol. The van der Waals surface area contributed by atoms with Crippen LogP contribution in [-0.4, -0.2) is 35.9 Å². The number of amides is 2. The molecule has 0 spiro atoms. The van der Waals surface area contributed by atoms with Crippen LogP contribution >= 0.6 is 0 Å². The fraction of sp³-hybridized carbons (Fsp3) is 0.500. The number of fused-ring (bicyclic) bond motifs is 1. The van der Waals surface area contributed by atoms with Gasteiger partial charge in [0, 0.05) is 18.5 Å². The number of hydrogen-bond acceptors (Lipinski definition) is 3. The van der Waals surface area contributed by atoms with Gasteiger partial charge in [0.2, 0.25) is 5.91 Å². The molecule has 1 aliphatic heterocycles. The van der Waals surface area contributed by atoms with E-state index in [-0.39, 0.29) is 23.7 Å². The van der Waals surface area contributed by atoms with E-state index in [2.05, 4.69) is 5.32 Å². The SMILES string of the molecule is CC[C@H](Oc1ccc2c(c1)[C@@H](c1ccc(F)cc1)N(C(=O)C(C)(C)C)CC2)C(=O)NCC(C)C. The van der Waals surface area contributed by atoms with E-state index < -0.39 is 11.5 Å². The predicted octanol–water partition coefficient (Wildman–Crippen LogP) is 5.28. The molecule has 2 aromatic rings. The summed E-state index contributed by atoms with van der Waals surface area (Å²) in [7, 11) is 0. The molecule has 2 amide bonds. The third kappa shape index (κ3) is 5.96. The van der Waals surface area contributed by atoms with Crippen LogP contribution in [0.3, 0.4) is 0 Å². The second-order valence-electron chi connectivity index (χ2n) is 10.5. The summed E-state index contributed by atoms with van der Waals surface area (Å²) in [5, 5.41) is 2.94. The number of carbonyl (C=O) groups is 2. The number of benzene rings is 2. The van der Waals surface area contributed by atoms with Crippen LogP contribution in [-0.2, 0) is 16.0 Å². The van der Waals surface area contributed by atoms with Gasteiger partial charge in [-0.3, -0.25) is 9.59 Å². The summed E-state index contributed by atoms with van der Waals surface area (Å²) in [6.07, 6.45) is 0.662. The molecule has 2 atom stereocenters. The summed E-state index contributed by atoms with van der Waals surface area (Å²) in [5.41, 5.74) is 2.37. The summed E-state index contributed by atoms with van der Waals surface area (Å²) in [6, 6.07) is 11.8. The fourth-order valence-electron chi connectivity index (χ4n) is 4.23. The van der Waals surface area contributed by atoms with Gasteiger partial charge in [0.1, 0.15) is 11.6 Å². The van der Waals surface area contributed by atoms with Gasteiger partial charge in [0.05, 0.1) is 6.04 Å². The summed E-state index contributed by atoms with van der Waals surface area (Å²) in [6.45, 7) is 12.9. The summed E-state index contributed by atoms with van der Waals surface area (Å²) in [5.74, 6) is 0.533. The fourth-order valence-corrected chi connectivity index (χ4v) is 4.23. The van der Waals surface area contributed by atoms with Gasteiger partial charge in [-0.15, -0.1) is 0 Å². The maximum absolute atomic E-state index is 13.7. The minimum Gasteiger partial charge on any atom is -0.481 e. The Hall–Kier alpha value is -2.89. The van der Waals surface area contributed by atoms with Crippen molar-refractivity contribution in [3.05, 3.63) is 65.0 Å². The predicted molar refractivity (Wildman–Crippen MR) is 132 cm³/mol. The molecular formula is C28H37FN2O3. The molecule has 0 unspecified atom stereocenters. The van der Waals surface area contributed by atoms with E-state index in [0.29, 0.717) is 31.2 Å². The third-order valence-corrected chi connectivity index (χ3v) is 6.06. The maximum Gasteiger partial charge on any atom is 0.261 e. The Kier molecular flexibility index (Phi) is 8.01. The molecular weight excluding hydrogens is 431 g/mol. The Bertz CT molecular complexity index is 1010. The number of rotatable bonds is 7. The highest BCUT2D eigenvalue weighted by Crippen LogP contribution is 2.39. The zero-order valence-electron chi connectivity index (χ0n) is 21.2. The largest absolute Gasteiger partial charge is 0.481 e. The normalized spacial score (nSPS) is 16.7. The first-order valence-electron chi connectivity index (χ1n) is 12.1. The molecule has 0 saturated carbocycles. The Morgan fingerprint density at radius 1 is 1.15 bits per heavy atom. The monoisotopic (exact) mass is 468 g/mol. The Labute approximate surface area is 202 Å². The molecule has 1 heterocycles. The van der Waals surface area contributed by atoms with E-state index in [9.17, 15) is 14.0 Å². The van der Waals surface area contributed by atoms with Crippen LogP contribution in [0.1, 0.15) is 70.7 Å².